The summed E-state index contributed by atoms with van der Waals surface area (Å²) in [5.74, 6) is -1.79. The number of carbonyl (C=O) groups excluding carboxylic acids is 2. The molecular weight excluding hydrogens is 274 g/mol. The minimum absolute atomic E-state index is 0.190. The van der Waals surface area contributed by atoms with Crippen LogP contribution in [0.4, 0.5) is 0 Å². The highest BCUT2D eigenvalue weighted by atomic mass is 16.5. The smallest absolute Gasteiger partial charge is 0.335 e. The third kappa shape index (κ3) is 3.21. The first-order valence-corrected chi connectivity index (χ1v) is 6.77. The molecule has 1 saturated carbocycles. The van der Waals surface area contributed by atoms with Gasteiger partial charge in [0.25, 0.3) is 0 Å². The minimum Gasteiger partial charge on any atom is -0.478 e. The fraction of sp³-hybridized carbons (Fsp3) is 0.400. The Labute approximate surface area is 122 Å². The molecule has 112 valence electrons. The number of aromatic carboxylic acids is 1. The van der Waals surface area contributed by atoms with E-state index in [4.69, 9.17) is 9.84 Å². The van der Waals surface area contributed by atoms with Gasteiger partial charge in [-0.3, -0.25) is 9.59 Å². The molecule has 21 heavy (non-hydrogen) atoms. The third-order valence-corrected chi connectivity index (χ3v) is 3.50. The molecule has 6 heteroatoms. The van der Waals surface area contributed by atoms with Crippen LogP contribution in [0.15, 0.2) is 24.3 Å². The van der Waals surface area contributed by atoms with Gasteiger partial charge in [0.15, 0.2) is 0 Å². The summed E-state index contributed by atoms with van der Waals surface area (Å²) in [7, 11) is 0. The van der Waals surface area contributed by atoms with Gasteiger partial charge in [-0.2, -0.15) is 0 Å². The van der Waals surface area contributed by atoms with E-state index in [2.05, 4.69) is 5.32 Å². The number of hydrogen-bond acceptors (Lipinski definition) is 4. The number of ether oxygens (including phenoxy) is 1. The van der Waals surface area contributed by atoms with E-state index in [0.717, 1.165) is 5.56 Å². The normalized spacial score (nSPS) is 15.1. The summed E-state index contributed by atoms with van der Waals surface area (Å²) in [4.78, 5) is 34.6. The molecule has 0 heterocycles. The molecule has 2 N–H and O–H groups in total. The topological polar surface area (TPSA) is 92.7 Å². The molecule has 0 bridgehead atoms. The highest BCUT2D eigenvalue weighted by molar-refractivity contribution is 6.05. The number of hydrogen-bond donors (Lipinski definition) is 2. The lowest BCUT2D eigenvalue weighted by molar-refractivity contribution is -0.154. The number of carbonyl (C=O) groups is 3. The summed E-state index contributed by atoms with van der Waals surface area (Å²) in [5, 5.41) is 11.5. The molecule has 6 nitrogen and oxygen atoms in total. The monoisotopic (exact) mass is 291 g/mol. The van der Waals surface area contributed by atoms with E-state index >= 15 is 0 Å². The third-order valence-electron chi connectivity index (χ3n) is 3.50. The van der Waals surface area contributed by atoms with Crippen molar-refractivity contribution in [3.8, 4) is 0 Å². The van der Waals surface area contributed by atoms with Crippen molar-refractivity contribution in [1.82, 2.24) is 5.32 Å². The van der Waals surface area contributed by atoms with E-state index in [1.54, 1.807) is 19.1 Å². The first kappa shape index (κ1) is 15.0. The summed E-state index contributed by atoms with van der Waals surface area (Å²) >= 11 is 0. The highest BCUT2D eigenvalue weighted by Gasteiger charge is 2.57. The second-order valence-electron chi connectivity index (χ2n) is 4.99. The van der Waals surface area contributed by atoms with Gasteiger partial charge >= 0.3 is 11.9 Å². The molecule has 1 aliphatic rings. The van der Waals surface area contributed by atoms with Crippen LogP contribution in [0.1, 0.15) is 35.7 Å². The van der Waals surface area contributed by atoms with Gasteiger partial charge in [-0.15, -0.1) is 0 Å². The van der Waals surface area contributed by atoms with Gasteiger partial charge in [-0.25, -0.2) is 4.79 Å². The van der Waals surface area contributed by atoms with E-state index in [1.807, 2.05) is 0 Å². The van der Waals surface area contributed by atoms with Crippen LogP contribution in [0, 0.1) is 5.41 Å². The van der Waals surface area contributed by atoms with Crippen LogP contribution >= 0.6 is 0 Å². The van der Waals surface area contributed by atoms with Gasteiger partial charge in [-0.05, 0) is 37.5 Å². The maximum atomic E-state index is 12.1. The number of carboxylic acid groups (broad SMARTS) is 1. The average Bonchev–Trinajstić information content (AvgIpc) is 3.27. The summed E-state index contributed by atoms with van der Waals surface area (Å²) in [6.07, 6.45) is 1.02. The molecule has 0 aromatic heterocycles. The molecule has 0 radical (unpaired) electrons. The molecule has 1 aromatic rings. The van der Waals surface area contributed by atoms with Crippen molar-refractivity contribution >= 4 is 17.8 Å². The van der Waals surface area contributed by atoms with Gasteiger partial charge in [0.1, 0.15) is 5.41 Å². The van der Waals surface area contributed by atoms with Crippen molar-refractivity contribution in [2.75, 3.05) is 6.61 Å². The van der Waals surface area contributed by atoms with Crippen molar-refractivity contribution < 1.29 is 24.2 Å². The lowest BCUT2D eigenvalue weighted by Gasteiger charge is -2.14. The lowest BCUT2D eigenvalue weighted by atomic mass is 10.1. The summed E-state index contributed by atoms with van der Waals surface area (Å²) in [6, 6.07) is 6.21. The maximum absolute atomic E-state index is 12.1. The zero-order valence-corrected chi connectivity index (χ0v) is 11.7. The summed E-state index contributed by atoms with van der Waals surface area (Å²) in [6.45, 7) is 2.21. The molecule has 0 atom stereocenters. The largest absolute Gasteiger partial charge is 0.478 e. The Balaban J connectivity index is 1.92. The molecule has 1 aromatic carbocycles. The van der Waals surface area contributed by atoms with Gasteiger partial charge in [-0.1, -0.05) is 12.1 Å². The molecule has 1 amide bonds. The molecule has 0 spiro atoms. The van der Waals surface area contributed by atoms with E-state index in [-0.39, 0.29) is 24.6 Å². The van der Waals surface area contributed by atoms with Crippen molar-refractivity contribution in [3.05, 3.63) is 35.4 Å². The van der Waals surface area contributed by atoms with Gasteiger partial charge in [0.05, 0.1) is 12.2 Å². The molecule has 1 fully saturated rings. The van der Waals surface area contributed by atoms with Crippen LogP contribution in [0.2, 0.25) is 0 Å². The number of nitrogens with one attached hydrogen (secondary N) is 1. The van der Waals surface area contributed by atoms with Crippen LogP contribution in [-0.2, 0) is 20.9 Å². The van der Waals surface area contributed by atoms with Crippen LogP contribution < -0.4 is 5.32 Å². The maximum Gasteiger partial charge on any atom is 0.335 e. The number of amides is 1. The molecule has 2 rings (SSSR count). The molecular formula is C15H17NO5. The number of rotatable bonds is 6. The number of carboxylic acids is 1. The Kier molecular flexibility index (Phi) is 4.26. The molecule has 1 aliphatic carbocycles. The summed E-state index contributed by atoms with van der Waals surface area (Å²) in [5.41, 5.74) is -0.0555. The zero-order chi connectivity index (χ0) is 15.5. The Morgan fingerprint density at radius 1 is 1.24 bits per heavy atom. The SMILES string of the molecule is CCOC(=O)C1(C(=O)NCc2ccc(C(=O)O)cc2)CC1. The Hall–Kier alpha value is -2.37. The first-order valence-electron chi connectivity index (χ1n) is 6.77. The van der Waals surface area contributed by atoms with Crippen LogP contribution in [0.5, 0.6) is 0 Å². The highest BCUT2D eigenvalue weighted by Crippen LogP contribution is 2.47. The predicted molar refractivity (Wildman–Crippen MR) is 73.5 cm³/mol. The van der Waals surface area contributed by atoms with E-state index < -0.39 is 17.4 Å². The Morgan fingerprint density at radius 3 is 2.33 bits per heavy atom. The lowest BCUT2D eigenvalue weighted by Crippen LogP contribution is -2.37. The van der Waals surface area contributed by atoms with Gasteiger partial charge < -0.3 is 15.2 Å². The number of benzene rings is 1. The predicted octanol–water partition coefficient (Wildman–Crippen LogP) is 1.34. The minimum atomic E-state index is -1.02. The average molecular weight is 291 g/mol. The quantitative estimate of drug-likeness (QED) is 0.609. The van der Waals surface area contributed by atoms with E-state index in [9.17, 15) is 14.4 Å². The van der Waals surface area contributed by atoms with Crippen molar-refractivity contribution in [1.29, 1.82) is 0 Å². The van der Waals surface area contributed by atoms with Crippen molar-refractivity contribution in [2.45, 2.75) is 26.3 Å². The fourth-order valence-electron chi connectivity index (χ4n) is 2.03. The Morgan fingerprint density at radius 2 is 1.86 bits per heavy atom. The standard InChI is InChI=1S/C15H17NO5/c1-2-21-14(20)15(7-8-15)13(19)16-9-10-3-5-11(6-4-10)12(17)18/h3-6H,2,7-9H2,1H3,(H,16,19)(H,17,18). The van der Waals surface area contributed by atoms with Gasteiger partial charge in [0, 0.05) is 6.54 Å². The molecule has 0 unspecified atom stereocenters. The Bertz CT molecular complexity index is 560. The second-order valence-corrected chi connectivity index (χ2v) is 4.99. The zero-order valence-electron chi connectivity index (χ0n) is 11.7. The first-order chi connectivity index (χ1) is 9.99. The second kappa shape index (κ2) is 5.95. The van der Waals surface area contributed by atoms with Gasteiger partial charge in [0.2, 0.25) is 5.91 Å². The van der Waals surface area contributed by atoms with Crippen LogP contribution in [0.3, 0.4) is 0 Å². The molecule has 0 saturated heterocycles. The van der Waals surface area contributed by atoms with Crippen molar-refractivity contribution in [3.63, 3.8) is 0 Å². The fourth-order valence-corrected chi connectivity index (χ4v) is 2.03. The molecule has 0 aliphatic heterocycles. The van der Waals surface area contributed by atoms with Crippen LogP contribution in [0.25, 0.3) is 0 Å². The summed E-state index contributed by atoms with van der Waals surface area (Å²) < 4.78 is 4.92. The van der Waals surface area contributed by atoms with E-state index in [0.29, 0.717) is 12.8 Å². The van der Waals surface area contributed by atoms with Crippen LogP contribution in [-0.4, -0.2) is 29.6 Å². The van der Waals surface area contributed by atoms with Crippen molar-refractivity contribution in [2.24, 2.45) is 5.41 Å². The van der Waals surface area contributed by atoms with E-state index in [1.165, 1.54) is 12.1 Å². The number of esters is 1.